The SMILES string of the molecule is C=C(C)CN1C(=O)COc2cc(NC(=O)COc3ccc(CC)cc3)ccc21. The van der Waals surface area contributed by atoms with Gasteiger partial charge in [0.25, 0.3) is 11.8 Å². The monoisotopic (exact) mass is 380 g/mol. The van der Waals surface area contributed by atoms with Gasteiger partial charge in [0, 0.05) is 18.3 Å². The number of carbonyl (C=O) groups excluding carboxylic acids is 2. The molecule has 2 aromatic carbocycles. The molecular formula is C22H24N2O4. The van der Waals surface area contributed by atoms with Gasteiger partial charge in [0.15, 0.2) is 13.2 Å². The molecule has 1 N–H and O–H groups in total. The zero-order chi connectivity index (χ0) is 20.1. The summed E-state index contributed by atoms with van der Waals surface area (Å²) in [5.74, 6) is 0.810. The summed E-state index contributed by atoms with van der Waals surface area (Å²) < 4.78 is 11.0. The van der Waals surface area contributed by atoms with Crippen molar-refractivity contribution in [1.82, 2.24) is 0 Å². The minimum absolute atomic E-state index is 0.0332. The third kappa shape index (κ3) is 4.71. The first-order valence-electron chi connectivity index (χ1n) is 9.19. The minimum atomic E-state index is -0.273. The van der Waals surface area contributed by atoms with E-state index in [9.17, 15) is 9.59 Å². The minimum Gasteiger partial charge on any atom is -0.484 e. The highest BCUT2D eigenvalue weighted by molar-refractivity contribution is 5.99. The first kappa shape index (κ1) is 19.5. The maximum atomic E-state index is 12.2. The zero-order valence-electron chi connectivity index (χ0n) is 16.2. The average Bonchev–Trinajstić information content (AvgIpc) is 2.69. The number of benzene rings is 2. The van der Waals surface area contributed by atoms with E-state index in [-0.39, 0.29) is 25.0 Å². The molecule has 0 saturated heterocycles. The molecule has 0 atom stereocenters. The van der Waals surface area contributed by atoms with E-state index in [0.29, 0.717) is 29.4 Å². The van der Waals surface area contributed by atoms with Crippen LogP contribution in [0.15, 0.2) is 54.6 Å². The van der Waals surface area contributed by atoms with E-state index in [2.05, 4.69) is 18.8 Å². The van der Waals surface area contributed by atoms with E-state index in [1.165, 1.54) is 5.56 Å². The van der Waals surface area contributed by atoms with Crippen molar-refractivity contribution in [3.63, 3.8) is 0 Å². The van der Waals surface area contributed by atoms with Gasteiger partial charge in [-0.1, -0.05) is 31.2 Å². The van der Waals surface area contributed by atoms with Crippen molar-refractivity contribution in [3.05, 3.63) is 60.2 Å². The number of anilines is 2. The Kier molecular flexibility index (Phi) is 5.99. The van der Waals surface area contributed by atoms with Crippen LogP contribution in [0.2, 0.25) is 0 Å². The van der Waals surface area contributed by atoms with Gasteiger partial charge in [0.05, 0.1) is 5.69 Å². The molecule has 0 spiro atoms. The number of nitrogens with one attached hydrogen (secondary N) is 1. The maximum Gasteiger partial charge on any atom is 0.265 e. The molecular weight excluding hydrogens is 356 g/mol. The second kappa shape index (κ2) is 8.61. The van der Waals surface area contributed by atoms with Gasteiger partial charge < -0.3 is 19.7 Å². The molecule has 0 radical (unpaired) electrons. The van der Waals surface area contributed by atoms with Gasteiger partial charge in [-0.15, -0.1) is 0 Å². The normalized spacial score (nSPS) is 12.8. The Labute approximate surface area is 164 Å². The van der Waals surface area contributed by atoms with Crippen LogP contribution in [-0.2, 0) is 16.0 Å². The predicted octanol–water partition coefficient (Wildman–Crippen LogP) is 3.57. The Bertz CT molecular complexity index is 890. The summed E-state index contributed by atoms with van der Waals surface area (Å²) in [6.07, 6.45) is 0.955. The Balaban J connectivity index is 1.62. The number of carbonyl (C=O) groups is 2. The second-order valence-electron chi connectivity index (χ2n) is 6.74. The third-order valence-electron chi connectivity index (χ3n) is 4.32. The molecule has 1 heterocycles. The number of fused-ring (bicyclic) bond motifs is 1. The van der Waals surface area contributed by atoms with Crippen molar-refractivity contribution >= 4 is 23.2 Å². The lowest BCUT2D eigenvalue weighted by molar-refractivity contribution is -0.121. The fourth-order valence-electron chi connectivity index (χ4n) is 2.89. The number of rotatable bonds is 7. The molecule has 0 fully saturated rings. The van der Waals surface area contributed by atoms with Gasteiger partial charge in [0.1, 0.15) is 11.5 Å². The van der Waals surface area contributed by atoms with Crippen LogP contribution in [0.25, 0.3) is 0 Å². The Morgan fingerprint density at radius 2 is 2.00 bits per heavy atom. The molecule has 1 aliphatic rings. The lowest BCUT2D eigenvalue weighted by atomic mass is 10.2. The van der Waals surface area contributed by atoms with E-state index < -0.39 is 0 Å². The molecule has 3 rings (SSSR count). The largest absolute Gasteiger partial charge is 0.484 e. The van der Waals surface area contributed by atoms with Crippen LogP contribution in [0, 0.1) is 0 Å². The Hall–Kier alpha value is -3.28. The highest BCUT2D eigenvalue weighted by Gasteiger charge is 2.25. The van der Waals surface area contributed by atoms with Crippen molar-refractivity contribution in [2.24, 2.45) is 0 Å². The molecule has 0 bridgehead atoms. The summed E-state index contributed by atoms with van der Waals surface area (Å²) in [7, 11) is 0. The number of ether oxygens (including phenoxy) is 2. The fraction of sp³-hybridized carbons (Fsp3) is 0.273. The molecule has 0 aromatic heterocycles. The van der Waals surface area contributed by atoms with Crippen molar-refractivity contribution in [2.45, 2.75) is 20.3 Å². The van der Waals surface area contributed by atoms with Gasteiger partial charge in [-0.2, -0.15) is 0 Å². The number of nitrogens with zero attached hydrogens (tertiary/aromatic N) is 1. The Morgan fingerprint density at radius 3 is 2.68 bits per heavy atom. The van der Waals surface area contributed by atoms with Gasteiger partial charge in [-0.25, -0.2) is 0 Å². The van der Waals surface area contributed by atoms with Gasteiger partial charge in [0.2, 0.25) is 0 Å². The number of aryl methyl sites for hydroxylation is 1. The molecule has 0 saturated carbocycles. The van der Waals surface area contributed by atoms with Gasteiger partial charge in [-0.3, -0.25) is 9.59 Å². The van der Waals surface area contributed by atoms with Crippen LogP contribution in [-0.4, -0.2) is 31.6 Å². The number of hydrogen-bond donors (Lipinski definition) is 1. The van der Waals surface area contributed by atoms with E-state index >= 15 is 0 Å². The standard InChI is InChI=1S/C22H24N2O4/c1-4-16-5-8-18(9-6-16)27-13-21(25)23-17-7-10-19-20(11-17)28-14-22(26)24(19)12-15(2)3/h5-11H,2,4,12-14H2,1,3H3,(H,23,25). The van der Waals surface area contributed by atoms with Crippen molar-refractivity contribution in [3.8, 4) is 11.5 Å². The molecule has 6 heteroatoms. The average molecular weight is 380 g/mol. The van der Waals surface area contributed by atoms with Crippen molar-refractivity contribution < 1.29 is 19.1 Å². The third-order valence-corrected chi connectivity index (χ3v) is 4.32. The smallest absolute Gasteiger partial charge is 0.265 e. The summed E-state index contributed by atoms with van der Waals surface area (Å²) >= 11 is 0. The van der Waals surface area contributed by atoms with Crippen molar-refractivity contribution in [2.75, 3.05) is 30.0 Å². The molecule has 2 aromatic rings. The van der Waals surface area contributed by atoms with E-state index in [0.717, 1.165) is 12.0 Å². The lowest BCUT2D eigenvalue weighted by Gasteiger charge is -2.29. The second-order valence-corrected chi connectivity index (χ2v) is 6.74. The molecule has 2 amide bonds. The van der Waals surface area contributed by atoms with Crippen LogP contribution in [0.4, 0.5) is 11.4 Å². The molecule has 6 nitrogen and oxygen atoms in total. The highest BCUT2D eigenvalue weighted by atomic mass is 16.5. The maximum absolute atomic E-state index is 12.2. The van der Waals surface area contributed by atoms with Crippen LogP contribution in [0.1, 0.15) is 19.4 Å². The van der Waals surface area contributed by atoms with Crippen LogP contribution in [0.5, 0.6) is 11.5 Å². The first-order valence-corrected chi connectivity index (χ1v) is 9.19. The molecule has 1 aliphatic heterocycles. The topological polar surface area (TPSA) is 67.9 Å². The summed E-state index contributed by atoms with van der Waals surface area (Å²) in [5.41, 5.74) is 3.34. The Morgan fingerprint density at radius 1 is 1.25 bits per heavy atom. The van der Waals surface area contributed by atoms with Gasteiger partial charge >= 0.3 is 0 Å². The van der Waals surface area contributed by atoms with Crippen LogP contribution >= 0.6 is 0 Å². The quantitative estimate of drug-likeness (QED) is 0.746. The molecule has 146 valence electrons. The predicted molar refractivity (Wildman–Crippen MR) is 109 cm³/mol. The summed E-state index contributed by atoms with van der Waals surface area (Å²) in [4.78, 5) is 25.9. The number of hydrogen-bond acceptors (Lipinski definition) is 4. The summed E-state index contributed by atoms with van der Waals surface area (Å²) in [6.45, 7) is 8.12. The summed E-state index contributed by atoms with van der Waals surface area (Å²) in [6, 6.07) is 12.9. The van der Waals surface area contributed by atoms with E-state index in [1.54, 1.807) is 23.1 Å². The van der Waals surface area contributed by atoms with Crippen LogP contribution < -0.4 is 19.7 Å². The fourth-order valence-corrected chi connectivity index (χ4v) is 2.89. The summed E-state index contributed by atoms with van der Waals surface area (Å²) in [5, 5.41) is 2.79. The van der Waals surface area contributed by atoms with Crippen molar-refractivity contribution in [1.29, 1.82) is 0 Å². The zero-order valence-corrected chi connectivity index (χ0v) is 16.2. The first-order chi connectivity index (χ1) is 13.5. The molecule has 28 heavy (non-hydrogen) atoms. The van der Waals surface area contributed by atoms with E-state index in [1.807, 2.05) is 31.2 Å². The van der Waals surface area contributed by atoms with Gasteiger partial charge in [-0.05, 0) is 43.2 Å². The molecule has 0 unspecified atom stereocenters. The molecule has 0 aliphatic carbocycles. The van der Waals surface area contributed by atoms with Crippen LogP contribution in [0.3, 0.4) is 0 Å². The highest BCUT2D eigenvalue weighted by Crippen LogP contribution is 2.34. The number of amides is 2. The lowest BCUT2D eigenvalue weighted by Crippen LogP contribution is -2.39. The van der Waals surface area contributed by atoms with E-state index in [4.69, 9.17) is 9.47 Å².